The molecule has 0 amide bonds. The summed E-state index contributed by atoms with van der Waals surface area (Å²) < 4.78 is 24.0. The summed E-state index contributed by atoms with van der Waals surface area (Å²) in [7, 11) is 1.58. The van der Waals surface area contributed by atoms with Crippen LogP contribution in [0.1, 0.15) is 6.92 Å². The Balaban J connectivity index is 2.00. The minimum atomic E-state index is -0.546. The second-order valence-electron chi connectivity index (χ2n) is 5.98. The van der Waals surface area contributed by atoms with Crippen LogP contribution in [0.2, 0.25) is 5.02 Å². The fourth-order valence-electron chi connectivity index (χ4n) is 2.59. The summed E-state index contributed by atoms with van der Waals surface area (Å²) in [5.41, 5.74) is 1.75. The van der Waals surface area contributed by atoms with Gasteiger partial charge in [-0.25, -0.2) is 14.4 Å². The lowest BCUT2D eigenvalue weighted by Gasteiger charge is -2.11. The van der Waals surface area contributed by atoms with Gasteiger partial charge in [-0.05, 0) is 43.3 Å². The van der Waals surface area contributed by atoms with E-state index in [1.165, 1.54) is 12.1 Å². The maximum Gasteiger partial charge on any atom is 0.325 e. The van der Waals surface area contributed by atoms with Crippen LogP contribution in [0, 0.1) is 5.82 Å². The first kappa shape index (κ1) is 20.5. The number of esters is 1. The Morgan fingerprint density at radius 3 is 2.48 bits per heavy atom. The molecule has 0 aliphatic rings. The highest BCUT2D eigenvalue weighted by molar-refractivity contribution is 6.30. The van der Waals surface area contributed by atoms with Crippen molar-refractivity contribution in [3.63, 3.8) is 0 Å². The average Bonchev–Trinajstić information content (AvgIpc) is 2.74. The Morgan fingerprint density at radius 1 is 1.10 bits per heavy atom. The smallest absolute Gasteiger partial charge is 0.325 e. The number of rotatable bonds is 7. The Labute approximate surface area is 172 Å². The van der Waals surface area contributed by atoms with E-state index in [0.717, 1.165) is 5.56 Å². The number of nitrogens with zero attached hydrogens (tertiary/aromatic N) is 2. The summed E-state index contributed by atoms with van der Waals surface area (Å²) in [4.78, 5) is 20.7. The zero-order valence-electron chi connectivity index (χ0n) is 15.9. The Kier molecular flexibility index (Phi) is 6.61. The van der Waals surface area contributed by atoms with Crippen LogP contribution in [0.3, 0.4) is 0 Å². The number of ether oxygens (including phenoxy) is 2. The van der Waals surface area contributed by atoms with Gasteiger partial charge in [0.1, 0.15) is 23.9 Å². The normalized spacial score (nSPS) is 10.5. The summed E-state index contributed by atoms with van der Waals surface area (Å²) in [6.07, 6.45) is 0. The van der Waals surface area contributed by atoms with E-state index in [1.54, 1.807) is 38.3 Å². The van der Waals surface area contributed by atoms with E-state index in [-0.39, 0.29) is 18.2 Å². The van der Waals surface area contributed by atoms with Gasteiger partial charge in [-0.15, -0.1) is 0 Å². The second-order valence-corrected chi connectivity index (χ2v) is 6.39. The molecule has 0 spiro atoms. The largest absolute Gasteiger partial charge is 0.497 e. The van der Waals surface area contributed by atoms with Crippen LogP contribution in [-0.2, 0) is 9.53 Å². The monoisotopic (exact) mass is 415 g/mol. The topological polar surface area (TPSA) is 73.3 Å². The molecule has 1 aromatic heterocycles. The zero-order valence-corrected chi connectivity index (χ0v) is 16.7. The molecule has 1 N–H and O–H groups in total. The Hall–Kier alpha value is -3.19. The lowest BCUT2D eigenvalue weighted by Crippen LogP contribution is -2.17. The highest BCUT2D eigenvalue weighted by atomic mass is 35.5. The number of halogens is 2. The van der Waals surface area contributed by atoms with Gasteiger partial charge in [-0.2, -0.15) is 0 Å². The third-order valence-electron chi connectivity index (χ3n) is 4.01. The van der Waals surface area contributed by atoms with Gasteiger partial charge in [0.15, 0.2) is 5.82 Å². The molecule has 0 aliphatic carbocycles. The lowest BCUT2D eigenvalue weighted by atomic mass is 10.1. The quantitative estimate of drug-likeness (QED) is 0.569. The molecule has 0 fully saturated rings. The molecule has 3 aromatic rings. The number of carbonyl (C=O) groups excluding carboxylic acids is 1. The van der Waals surface area contributed by atoms with Crippen molar-refractivity contribution in [3.05, 3.63) is 59.4 Å². The van der Waals surface area contributed by atoms with Crippen molar-refractivity contribution >= 4 is 23.4 Å². The van der Waals surface area contributed by atoms with Gasteiger partial charge in [0.25, 0.3) is 0 Å². The fourth-order valence-corrected chi connectivity index (χ4v) is 2.70. The van der Waals surface area contributed by atoms with Gasteiger partial charge in [0.2, 0.25) is 0 Å². The zero-order chi connectivity index (χ0) is 20.8. The first-order chi connectivity index (χ1) is 14.0. The molecule has 3 rings (SSSR count). The fraction of sp³-hybridized carbons (Fsp3) is 0.190. The van der Waals surface area contributed by atoms with Crippen molar-refractivity contribution in [2.45, 2.75) is 6.92 Å². The number of benzene rings is 2. The van der Waals surface area contributed by atoms with Crippen molar-refractivity contribution in [2.75, 3.05) is 25.6 Å². The van der Waals surface area contributed by atoms with E-state index in [0.29, 0.717) is 28.6 Å². The third-order valence-corrected chi connectivity index (χ3v) is 4.32. The molecule has 1 heterocycles. The van der Waals surface area contributed by atoms with Crippen molar-refractivity contribution in [3.8, 4) is 28.4 Å². The maximum absolute atomic E-state index is 13.9. The molecule has 0 radical (unpaired) electrons. The number of nitrogens with one attached hydrogen (secondary N) is 1. The molecule has 6 nitrogen and oxygen atoms in total. The van der Waals surface area contributed by atoms with Gasteiger partial charge in [0, 0.05) is 17.2 Å². The summed E-state index contributed by atoms with van der Waals surface area (Å²) >= 11 is 5.79. The van der Waals surface area contributed by atoms with Gasteiger partial charge in [-0.1, -0.05) is 17.7 Å². The summed E-state index contributed by atoms with van der Waals surface area (Å²) in [5, 5.41) is 2.95. The van der Waals surface area contributed by atoms with Gasteiger partial charge in [-0.3, -0.25) is 4.79 Å². The number of carbonyl (C=O) groups is 1. The Bertz CT molecular complexity index is 1010. The molecule has 0 unspecified atom stereocenters. The second kappa shape index (κ2) is 9.34. The van der Waals surface area contributed by atoms with E-state index < -0.39 is 11.8 Å². The SMILES string of the molecule is CCOC(=O)CNc1cc(-c2ccc(Cl)c(F)c2)nc(-c2ccc(OC)cc2)n1. The summed E-state index contributed by atoms with van der Waals surface area (Å²) in [6.45, 7) is 1.97. The molecular formula is C21H19ClFN3O3. The number of methoxy groups -OCH3 is 1. The Morgan fingerprint density at radius 2 is 1.83 bits per heavy atom. The number of anilines is 1. The first-order valence-electron chi connectivity index (χ1n) is 8.88. The van der Waals surface area contributed by atoms with Crippen LogP contribution in [0.25, 0.3) is 22.6 Å². The highest BCUT2D eigenvalue weighted by Crippen LogP contribution is 2.27. The molecule has 0 bridgehead atoms. The van der Waals surface area contributed by atoms with Crippen molar-refractivity contribution in [1.82, 2.24) is 9.97 Å². The lowest BCUT2D eigenvalue weighted by molar-refractivity contribution is -0.140. The first-order valence-corrected chi connectivity index (χ1v) is 9.26. The molecule has 0 atom stereocenters. The summed E-state index contributed by atoms with van der Waals surface area (Å²) in [5.74, 6) is 0.562. The van der Waals surface area contributed by atoms with Crippen molar-refractivity contribution < 1.29 is 18.7 Å². The predicted molar refractivity (Wildman–Crippen MR) is 110 cm³/mol. The van der Waals surface area contributed by atoms with E-state index in [1.807, 2.05) is 12.1 Å². The van der Waals surface area contributed by atoms with Gasteiger partial charge in [0.05, 0.1) is 24.4 Å². The molecular weight excluding hydrogens is 397 g/mol. The molecule has 0 saturated heterocycles. The van der Waals surface area contributed by atoms with E-state index >= 15 is 0 Å². The molecule has 2 aromatic carbocycles. The maximum atomic E-state index is 13.9. The van der Waals surface area contributed by atoms with Gasteiger partial charge < -0.3 is 14.8 Å². The van der Waals surface area contributed by atoms with Crippen LogP contribution in [0.15, 0.2) is 48.5 Å². The standard InChI is InChI=1S/C21H19ClFN3O3/c1-3-29-20(27)12-24-19-11-18(14-6-9-16(22)17(23)10-14)25-21(26-19)13-4-7-15(28-2)8-5-13/h4-11H,3,12H2,1-2H3,(H,24,25,26). The summed E-state index contributed by atoms with van der Waals surface area (Å²) in [6, 6.07) is 13.3. The molecule has 29 heavy (non-hydrogen) atoms. The average molecular weight is 416 g/mol. The molecule has 0 saturated carbocycles. The van der Waals surface area contributed by atoms with Crippen LogP contribution < -0.4 is 10.1 Å². The van der Waals surface area contributed by atoms with Crippen LogP contribution in [0.5, 0.6) is 5.75 Å². The van der Waals surface area contributed by atoms with Gasteiger partial charge >= 0.3 is 5.97 Å². The number of hydrogen-bond acceptors (Lipinski definition) is 6. The number of hydrogen-bond donors (Lipinski definition) is 1. The molecule has 150 valence electrons. The third kappa shape index (κ3) is 5.20. The highest BCUT2D eigenvalue weighted by Gasteiger charge is 2.12. The van der Waals surface area contributed by atoms with Crippen LogP contribution >= 0.6 is 11.6 Å². The van der Waals surface area contributed by atoms with E-state index in [2.05, 4.69) is 15.3 Å². The molecule has 0 aliphatic heterocycles. The number of aromatic nitrogens is 2. The van der Waals surface area contributed by atoms with E-state index in [9.17, 15) is 9.18 Å². The van der Waals surface area contributed by atoms with Crippen LogP contribution in [-0.4, -0.2) is 36.2 Å². The van der Waals surface area contributed by atoms with Crippen LogP contribution in [0.4, 0.5) is 10.2 Å². The van der Waals surface area contributed by atoms with Crippen molar-refractivity contribution in [2.24, 2.45) is 0 Å². The molecule has 8 heteroatoms. The van der Waals surface area contributed by atoms with Crippen molar-refractivity contribution in [1.29, 1.82) is 0 Å². The minimum absolute atomic E-state index is 0.0267. The minimum Gasteiger partial charge on any atom is -0.497 e. The predicted octanol–water partition coefficient (Wildman–Crippen LogP) is 4.59. The van der Waals surface area contributed by atoms with E-state index in [4.69, 9.17) is 21.1 Å².